The van der Waals surface area contributed by atoms with Crippen LogP contribution in [0.5, 0.6) is 11.5 Å². The summed E-state index contributed by atoms with van der Waals surface area (Å²) in [4.78, 5) is 10.4. The number of aliphatic carboxylic acids is 1. The van der Waals surface area contributed by atoms with Crippen LogP contribution >= 0.6 is 23.1 Å². The molecule has 104 valence electrons. The van der Waals surface area contributed by atoms with Crippen molar-refractivity contribution in [3.8, 4) is 11.5 Å². The summed E-state index contributed by atoms with van der Waals surface area (Å²) in [6.45, 7) is 0. The Balaban J connectivity index is 2.03. The van der Waals surface area contributed by atoms with Crippen LogP contribution in [-0.4, -0.2) is 37.2 Å². The molecule has 0 aliphatic carbocycles. The van der Waals surface area contributed by atoms with Gasteiger partial charge in [-0.2, -0.15) is 0 Å². The highest BCUT2D eigenvalue weighted by atomic mass is 32.2. The van der Waals surface area contributed by atoms with Gasteiger partial charge in [-0.15, -0.1) is 20.4 Å². The Morgan fingerprint density at radius 2 is 2.05 bits per heavy atom. The molecule has 1 aromatic carbocycles. The number of nitrogens with zero attached hydrogens (tertiary/aromatic N) is 4. The average molecular weight is 312 g/mol. The first kappa shape index (κ1) is 14.2. The fourth-order valence-electron chi connectivity index (χ4n) is 1.10. The molecule has 8 nitrogen and oxygen atoms in total. The number of aromatic hydroxyl groups is 2. The second-order valence-electron chi connectivity index (χ2n) is 3.41. The third kappa shape index (κ3) is 3.90. The van der Waals surface area contributed by atoms with E-state index in [1.165, 1.54) is 18.2 Å². The first-order chi connectivity index (χ1) is 9.54. The fraction of sp³-hybridized carbons (Fsp3) is 0.100. The van der Waals surface area contributed by atoms with E-state index < -0.39 is 5.97 Å². The highest BCUT2D eigenvalue weighted by molar-refractivity contribution is 8.01. The van der Waals surface area contributed by atoms with Gasteiger partial charge in [0.15, 0.2) is 15.8 Å². The molecule has 0 aliphatic heterocycles. The molecule has 2 aromatic rings. The molecule has 0 fully saturated rings. The van der Waals surface area contributed by atoms with Gasteiger partial charge in [-0.25, -0.2) is 0 Å². The molecule has 0 bridgehead atoms. The Bertz CT molecular complexity index is 658. The summed E-state index contributed by atoms with van der Waals surface area (Å²) in [6, 6.07) is 4.01. The predicted molar refractivity (Wildman–Crippen MR) is 72.2 cm³/mol. The molecule has 3 N–H and O–H groups in total. The molecule has 0 amide bonds. The second kappa shape index (κ2) is 6.30. The number of rotatable bonds is 5. The number of hydrogen-bond acceptors (Lipinski definition) is 9. The highest BCUT2D eigenvalue weighted by Crippen LogP contribution is 2.31. The van der Waals surface area contributed by atoms with Crippen molar-refractivity contribution in [1.29, 1.82) is 0 Å². The Morgan fingerprint density at radius 3 is 2.75 bits per heavy atom. The first-order valence-corrected chi connectivity index (χ1v) is 6.96. The zero-order valence-electron chi connectivity index (χ0n) is 9.79. The summed E-state index contributed by atoms with van der Waals surface area (Å²) in [5, 5.41) is 42.4. The van der Waals surface area contributed by atoms with E-state index >= 15 is 0 Å². The van der Waals surface area contributed by atoms with Gasteiger partial charge >= 0.3 is 5.97 Å². The number of azo groups is 1. The summed E-state index contributed by atoms with van der Waals surface area (Å²) in [7, 11) is 0. The predicted octanol–water partition coefficient (Wildman–Crippen LogP) is 2.54. The number of carboxylic acid groups (broad SMARTS) is 1. The van der Waals surface area contributed by atoms with Gasteiger partial charge in [0.2, 0.25) is 0 Å². The number of phenols is 2. The number of thioether (sulfide) groups is 1. The van der Waals surface area contributed by atoms with Gasteiger partial charge in [0.1, 0.15) is 0 Å². The summed E-state index contributed by atoms with van der Waals surface area (Å²) >= 11 is 2.15. The third-order valence-electron chi connectivity index (χ3n) is 1.92. The molecule has 0 unspecified atom stereocenters. The Morgan fingerprint density at radius 1 is 1.25 bits per heavy atom. The molecule has 10 heteroatoms. The summed E-state index contributed by atoms with van der Waals surface area (Å²) < 4.78 is 0.481. The Kier molecular flexibility index (Phi) is 4.48. The number of carbonyl (C=O) groups is 1. The van der Waals surface area contributed by atoms with Crippen molar-refractivity contribution in [1.82, 2.24) is 10.2 Å². The lowest BCUT2D eigenvalue weighted by Gasteiger charge is -1.96. The van der Waals surface area contributed by atoms with Crippen molar-refractivity contribution in [2.24, 2.45) is 10.2 Å². The van der Waals surface area contributed by atoms with Crippen LogP contribution in [0, 0.1) is 0 Å². The number of hydrogen-bond donors (Lipinski definition) is 3. The van der Waals surface area contributed by atoms with Gasteiger partial charge in [0.25, 0.3) is 5.13 Å². The molecule has 0 atom stereocenters. The van der Waals surface area contributed by atoms with E-state index in [-0.39, 0.29) is 22.4 Å². The van der Waals surface area contributed by atoms with E-state index in [0.29, 0.717) is 10.0 Å². The minimum atomic E-state index is -0.937. The number of carboxylic acids is 1. The van der Waals surface area contributed by atoms with Crippen molar-refractivity contribution in [3.05, 3.63) is 18.2 Å². The van der Waals surface area contributed by atoms with Gasteiger partial charge < -0.3 is 15.3 Å². The maximum Gasteiger partial charge on any atom is 0.313 e. The van der Waals surface area contributed by atoms with Gasteiger partial charge in [-0.3, -0.25) is 4.79 Å². The lowest BCUT2D eigenvalue weighted by Crippen LogP contribution is -1.96. The van der Waals surface area contributed by atoms with Crippen molar-refractivity contribution in [2.45, 2.75) is 4.34 Å². The molecular weight excluding hydrogens is 304 g/mol. The molecule has 0 radical (unpaired) electrons. The largest absolute Gasteiger partial charge is 0.504 e. The monoisotopic (exact) mass is 312 g/mol. The minimum absolute atomic E-state index is 0.0996. The van der Waals surface area contributed by atoms with Crippen LogP contribution < -0.4 is 0 Å². The van der Waals surface area contributed by atoms with Crippen molar-refractivity contribution in [3.63, 3.8) is 0 Å². The molecule has 0 saturated carbocycles. The normalized spacial score (nSPS) is 11.0. The summed E-state index contributed by atoms with van der Waals surface area (Å²) in [5.41, 5.74) is 0.343. The smallest absolute Gasteiger partial charge is 0.313 e. The molecule has 1 heterocycles. The maximum absolute atomic E-state index is 10.4. The Labute approximate surface area is 120 Å². The quantitative estimate of drug-likeness (QED) is 0.439. The first-order valence-electron chi connectivity index (χ1n) is 5.16. The lowest BCUT2D eigenvalue weighted by atomic mass is 10.3. The van der Waals surface area contributed by atoms with Crippen LogP contribution in [0.15, 0.2) is 32.8 Å². The average Bonchev–Trinajstić information content (AvgIpc) is 2.86. The lowest BCUT2D eigenvalue weighted by molar-refractivity contribution is -0.133. The van der Waals surface area contributed by atoms with Crippen LogP contribution in [0.1, 0.15) is 0 Å². The molecule has 0 aliphatic rings. The number of phenolic OH excluding ortho intramolecular Hbond substituents is 2. The van der Waals surface area contributed by atoms with E-state index in [1.807, 2.05) is 0 Å². The van der Waals surface area contributed by atoms with E-state index in [9.17, 15) is 9.90 Å². The van der Waals surface area contributed by atoms with Gasteiger partial charge in [-0.1, -0.05) is 23.1 Å². The molecule has 1 aromatic heterocycles. The molecule has 20 heavy (non-hydrogen) atoms. The molecular formula is C10H8N4O4S2. The van der Waals surface area contributed by atoms with Crippen LogP contribution in [0.4, 0.5) is 10.8 Å². The molecule has 0 saturated heterocycles. The number of benzene rings is 1. The molecule has 2 rings (SSSR count). The second-order valence-corrected chi connectivity index (χ2v) is 5.58. The highest BCUT2D eigenvalue weighted by Gasteiger charge is 2.06. The van der Waals surface area contributed by atoms with Crippen molar-refractivity contribution >= 4 is 39.9 Å². The zero-order chi connectivity index (χ0) is 14.5. The van der Waals surface area contributed by atoms with Gasteiger partial charge in [-0.05, 0) is 12.1 Å². The molecule has 0 spiro atoms. The minimum Gasteiger partial charge on any atom is -0.504 e. The van der Waals surface area contributed by atoms with Gasteiger partial charge in [0.05, 0.1) is 11.4 Å². The van der Waals surface area contributed by atoms with Crippen LogP contribution in [-0.2, 0) is 4.79 Å². The van der Waals surface area contributed by atoms with Crippen molar-refractivity contribution < 1.29 is 20.1 Å². The topological polar surface area (TPSA) is 128 Å². The van der Waals surface area contributed by atoms with Crippen LogP contribution in [0.3, 0.4) is 0 Å². The zero-order valence-corrected chi connectivity index (χ0v) is 11.4. The maximum atomic E-state index is 10.4. The summed E-state index contributed by atoms with van der Waals surface area (Å²) in [5.74, 6) is -1.57. The van der Waals surface area contributed by atoms with E-state index in [4.69, 9.17) is 10.2 Å². The number of aromatic nitrogens is 2. The van der Waals surface area contributed by atoms with Crippen LogP contribution in [0.2, 0.25) is 0 Å². The van der Waals surface area contributed by atoms with Crippen molar-refractivity contribution in [2.75, 3.05) is 5.75 Å². The third-order valence-corrected chi connectivity index (χ3v) is 3.85. The summed E-state index contributed by atoms with van der Waals surface area (Å²) in [6.07, 6.45) is 0. The SMILES string of the molecule is O=C(O)CSc1nnc(N=Nc2ccc(O)c(O)c2)s1. The van der Waals surface area contributed by atoms with Gasteiger partial charge in [0, 0.05) is 6.07 Å². The fourth-order valence-corrected chi connectivity index (χ4v) is 2.48. The van der Waals surface area contributed by atoms with E-state index in [0.717, 1.165) is 23.1 Å². The van der Waals surface area contributed by atoms with Crippen LogP contribution in [0.25, 0.3) is 0 Å². The van der Waals surface area contributed by atoms with E-state index in [1.54, 1.807) is 0 Å². The standard InChI is InChI=1S/C10H8N4O4S2/c15-6-2-1-5(3-7(6)16)11-12-9-13-14-10(20-9)19-4-8(17)18/h1-3,15-16H,4H2,(H,17,18). The van der Waals surface area contributed by atoms with E-state index in [2.05, 4.69) is 20.4 Å². The Hall–Kier alpha value is -2.20.